The maximum Gasteiger partial charge on any atom is 0.335 e. The Balaban J connectivity index is 1.30. The number of imidazole rings is 1. The van der Waals surface area contributed by atoms with E-state index < -0.39 is 5.97 Å². The highest BCUT2D eigenvalue weighted by Gasteiger charge is 2.29. The van der Waals surface area contributed by atoms with Crippen molar-refractivity contribution in [1.29, 1.82) is 5.26 Å². The molecule has 1 saturated heterocycles. The van der Waals surface area contributed by atoms with E-state index >= 15 is 0 Å². The van der Waals surface area contributed by atoms with Crippen LogP contribution in [0.4, 0.5) is 0 Å². The monoisotopic (exact) mass is 533 g/mol. The highest BCUT2D eigenvalue weighted by molar-refractivity contribution is 5.87. The SMILES string of the molecule is N#Cc1cc(-c2ccc(-n3c(=O)n([C@H]4CCN(Cc5cc(C(=O)O)ccn5)C4)c4ncccc43)cn2)ccc1O. The Labute approximate surface area is 227 Å². The van der Waals surface area contributed by atoms with E-state index in [2.05, 4.69) is 19.9 Å². The van der Waals surface area contributed by atoms with Gasteiger partial charge in [0.1, 0.15) is 11.8 Å². The number of phenolic OH excluding ortho intramolecular Hbond substituents is 1. The van der Waals surface area contributed by atoms with Gasteiger partial charge in [0.2, 0.25) is 0 Å². The topological polar surface area (TPSA) is 150 Å². The van der Waals surface area contributed by atoms with Crippen LogP contribution >= 0.6 is 0 Å². The molecule has 1 aromatic carbocycles. The molecule has 1 fully saturated rings. The molecule has 0 saturated carbocycles. The van der Waals surface area contributed by atoms with Crippen LogP contribution in [0.15, 0.2) is 78.0 Å². The summed E-state index contributed by atoms with van der Waals surface area (Å²) < 4.78 is 3.32. The van der Waals surface area contributed by atoms with Crippen molar-refractivity contribution in [2.24, 2.45) is 0 Å². The number of nitriles is 1. The van der Waals surface area contributed by atoms with Crippen LogP contribution in [0, 0.1) is 11.3 Å². The quantitative estimate of drug-likeness (QED) is 0.335. The zero-order valence-electron chi connectivity index (χ0n) is 21.2. The van der Waals surface area contributed by atoms with Gasteiger partial charge in [0.25, 0.3) is 0 Å². The minimum Gasteiger partial charge on any atom is -0.507 e. The first-order valence-corrected chi connectivity index (χ1v) is 12.6. The third-order valence-corrected chi connectivity index (χ3v) is 7.11. The van der Waals surface area contributed by atoms with Crippen molar-refractivity contribution in [1.82, 2.24) is 29.0 Å². The number of hydrogen-bond donors (Lipinski definition) is 2. The summed E-state index contributed by atoms with van der Waals surface area (Å²) in [6, 6.07) is 16.8. The average molecular weight is 534 g/mol. The van der Waals surface area contributed by atoms with Gasteiger partial charge in [-0.2, -0.15) is 5.26 Å². The highest BCUT2D eigenvalue weighted by atomic mass is 16.4. The number of carboxylic acid groups (broad SMARTS) is 1. The molecule has 4 aromatic heterocycles. The molecule has 0 amide bonds. The second kappa shape index (κ2) is 10.1. The second-order valence-corrected chi connectivity index (χ2v) is 9.60. The number of carboxylic acids is 1. The number of nitrogens with zero attached hydrogens (tertiary/aromatic N) is 7. The van der Waals surface area contributed by atoms with Crippen LogP contribution in [0.3, 0.4) is 0 Å². The van der Waals surface area contributed by atoms with E-state index in [-0.39, 0.29) is 28.6 Å². The van der Waals surface area contributed by atoms with Crippen LogP contribution < -0.4 is 5.69 Å². The summed E-state index contributed by atoms with van der Waals surface area (Å²) in [4.78, 5) is 40.7. The van der Waals surface area contributed by atoms with Crippen LogP contribution in [-0.4, -0.2) is 58.3 Å². The third-order valence-electron chi connectivity index (χ3n) is 7.11. The van der Waals surface area contributed by atoms with Gasteiger partial charge in [-0.05, 0) is 61.0 Å². The number of likely N-dealkylation sites (tertiary alicyclic amines) is 1. The fourth-order valence-electron chi connectivity index (χ4n) is 5.20. The van der Waals surface area contributed by atoms with Crippen LogP contribution in [0.2, 0.25) is 0 Å². The number of carbonyl (C=O) groups is 1. The first kappa shape index (κ1) is 25.0. The lowest BCUT2D eigenvalue weighted by molar-refractivity contribution is 0.0696. The van der Waals surface area contributed by atoms with E-state index in [0.717, 1.165) is 13.0 Å². The smallest absolute Gasteiger partial charge is 0.335 e. The van der Waals surface area contributed by atoms with E-state index in [1.807, 2.05) is 12.1 Å². The van der Waals surface area contributed by atoms with Crippen molar-refractivity contribution in [3.8, 4) is 28.8 Å². The lowest BCUT2D eigenvalue weighted by Crippen LogP contribution is -2.29. The number of aromatic hydroxyl groups is 1. The molecule has 6 rings (SSSR count). The highest BCUT2D eigenvalue weighted by Crippen LogP contribution is 2.28. The number of benzene rings is 1. The van der Waals surface area contributed by atoms with Crippen LogP contribution in [-0.2, 0) is 6.54 Å². The first-order valence-electron chi connectivity index (χ1n) is 12.6. The Bertz CT molecular complexity index is 1850. The molecule has 0 spiro atoms. The zero-order valence-corrected chi connectivity index (χ0v) is 21.2. The Morgan fingerprint density at radius 1 is 1.07 bits per heavy atom. The molecule has 0 radical (unpaired) electrons. The molecule has 2 N–H and O–H groups in total. The average Bonchev–Trinajstić information content (AvgIpc) is 3.54. The maximum absolute atomic E-state index is 13.8. The Hall–Kier alpha value is -5.34. The van der Waals surface area contributed by atoms with E-state index in [0.29, 0.717) is 46.9 Å². The maximum atomic E-state index is 13.8. The molecule has 5 heterocycles. The number of phenols is 1. The number of rotatable bonds is 6. The normalized spacial score (nSPS) is 15.3. The fraction of sp³-hybridized carbons (Fsp3) is 0.172. The van der Waals surface area contributed by atoms with Crippen molar-refractivity contribution in [2.75, 3.05) is 13.1 Å². The Morgan fingerprint density at radius 2 is 1.95 bits per heavy atom. The molecule has 1 aliphatic rings. The molecule has 40 heavy (non-hydrogen) atoms. The van der Waals surface area contributed by atoms with Crippen molar-refractivity contribution >= 4 is 17.1 Å². The number of hydrogen-bond acceptors (Lipinski definition) is 8. The Kier molecular flexibility index (Phi) is 6.30. The summed E-state index contributed by atoms with van der Waals surface area (Å²) in [5.41, 5.74) is 3.87. The van der Waals surface area contributed by atoms with Crippen molar-refractivity contribution in [3.63, 3.8) is 0 Å². The Morgan fingerprint density at radius 3 is 2.73 bits per heavy atom. The van der Waals surface area contributed by atoms with E-state index in [1.54, 1.807) is 57.9 Å². The summed E-state index contributed by atoms with van der Waals surface area (Å²) in [5.74, 6) is -1.09. The van der Waals surface area contributed by atoms with E-state index in [4.69, 9.17) is 0 Å². The summed E-state index contributed by atoms with van der Waals surface area (Å²) in [6.07, 6.45) is 5.50. The minimum absolute atomic E-state index is 0.0924. The van der Waals surface area contributed by atoms with Crippen LogP contribution in [0.5, 0.6) is 5.75 Å². The zero-order chi connectivity index (χ0) is 27.8. The molecule has 198 valence electrons. The molecule has 0 aliphatic carbocycles. The summed E-state index contributed by atoms with van der Waals surface area (Å²) in [7, 11) is 0. The van der Waals surface area contributed by atoms with Gasteiger partial charge in [0.15, 0.2) is 5.65 Å². The van der Waals surface area contributed by atoms with Gasteiger partial charge < -0.3 is 10.2 Å². The summed E-state index contributed by atoms with van der Waals surface area (Å²) in [5, 5.41) is 28.3. The van der Waals surface area contributed by atoms with Gasteiger partial charge >= 0.3 is 11.7 Å². The van der Waals surface area contributed by atoms with Crippen molar-refractivity contribution in [3.05, 3.63) is 100 Å². The number of pyridine rings is 3. The van der Waals surface area contributed by atoms with E-state index in [1.165, 1.54) is 18.3 Å². The third kappa shape index (κ3) is 4.46. The van der Waals surface area contributed by atoms with Crippen LogP contribution in [0.25, 0.3) is 28.1 Å². The largest absolute Gasteiger partial charge is 0.507 e. The van der Waals surface area contributed by atoms with Gasteiger partial charge in [-0.1, -0.05) is 0 Å². The lowest BCUT2D eigenvalue weighted by atomic mass is 10.1. The number of fused-ring (bicyclic) bond motifs is 1. The van der Waals surface area contributed by atoms with Gasteiger partial charge in [-0.3, -0.25) is 24.0 Å². The molecule has 11 nitrogen and oxygen atoms in total. The van der Waals surface area contributed by atoms with Crippen LogP contribution in [0.1, 0.15) is 34.1 Å². The van der Waals surface area contributed by atoms with Crippen molar-refractivity contribution < 1.29 is 15.0 Å². The molecule has 0 unspecified atom stereocenters. The van der Waals surface area contributed by atoms with Crippen molar-refractivity contribution in [2.45, 2.75) is 19.0 Å². The number of aromatic nitrogens is 5. The first-order chi connectivity index (χ1) is 19.4. The minimum atomic E-state index is -0.995. The second-order valence-electron chi connectivity index (χ2n) is 9.60. The molecule has 5 aromatic rings. The molecule has 0 bridgehead atoms. The molecule has 1 aliphatic heterocycles. The van der Waals surface area contributed by atoms with Gasteiger partial charge in [0, 0.05) is 37.6 Å². The molecule has 1 atom stereocenters. The predicted molar refractivity (Wildman–Crippen MR) is 145 cm³/mol. The van der Waals surface area contributed by atoms with Gasteiger partial charge in [-0.25, -0.2) is 14.6 Å². The number of aromatic carboxylic acids is 1. The predicted octanol–water partition coefficient (Wildman–Crippen LogP) is 3.37. The lowest BCUT2D eigenvalue weighted by Gasteiger charge is -2.16. The molecule has 11 heteroatoms. The van der Waals surface area contributed by atoms with Gasteiger partial charge in [-0.15, -0.1) is 0 Å². The summed E-state index contributed by atoms with van der Waals surface area (Å²) in [6.45, 7) is 1.80. The van der Waals surface area contributed by atoms with E-state index in [9.17, 15) is 25.1 Å². The molecular weight excluding hydrogens is 510 g/mol. The fourth-order valence-corrected chi connectivity index (χ4v) is 5.20. The molecular formula is C29H23N7O4. The standard InChI is InChI=1S/C29H23N7O4/c30-14-20-12-18(3-6-26(20)37)24-5-4-22(15-33-24)35-25-2-1-9-32-27(25)36(29(35)40)23-8-11-34(17-23)16-21-13-19(28(38)39)7-10-31-21/h1-7,9-10,12-13,15,23,37H,8,11,16-17H2,(H,38,39)/t23-/m0/s1. The van der Waals surface area contributed by atoms with Gasteiger partial charge in [0.05, 0.1) is 46.0 Å². The summed E-state index contributed by atoms with van der Waals surface area (Å²) >= 11 is 0.